The average molecular weight is 404 g/mol. The highest BCUT2D eigenvalue weighted by atomic mass is 79.9. The maximum absolute atomic E-state index is 12.7. The van der Waals surface area contributed by atoms with E-state index >= 15 is 0 Å². The minimum atomic E-state index is -3.64. The second kappa shape index (κ2) is 7.76. The van der Waals surface area contributed by atoms with E-state index in [0.717, 1.165) is 0 Å². The molecule has 0 amide bonds. The SMILES string of the molecule is COc1ccc(S(=O)(=O)NCCOc2ccc(F)cc2)cc1Br. The van der Waals surface area contributed by atoms with Crippen LogP contribution in [0.2, 0.25) is 0 Å². The van der Waals surface area contributed by atoms with Crippen molar-refractivity contribution in [3.8, 4) is 11.5 Å². The van der Waals surface area contributed by atoms with E-state index in [4.69, 9.17) is 9.47 Å². The van der Waals surface area contributed by atoms with Crippen molar-refractivity contribution in [2.24, 2.45) is 0 Å². The predicted molar refractivity (Wildman–Crippen MR) is 87.8 cm³/mol. The Morgan fingerprint density at radius 1 is 1.17 bits per heavy atom. The molecule has 2 rings (SSSR count). The van der Waals surface area contributed by atoms with E-state index in [-0.39, 0.29) is 23.9 Å². The zero-order valence-corrected chi connectivity index (χ0v) is 14.7. The van der Waals surface area contributed by atoms with Crippen molar-refractivity contribution in [1.82, 2.24) is 4.72 Å². The van der Waals surface area contributed by atoms with Crippen molar-refractivity contribution in [1.29, 1.82) is 0 Å². The lowest BCUT2D eigenvalue weighted by Gasteiger charge is -2.10. The molecule has 0 unspecified atom stereocenters. The summed E-state index contributed by atoms with van der Waals surface area (Å²) >= 11 is 3.25. The first-order valence-corrected chi connectivity index (χ1v) is 8.91. The van der Waals surface area contributed by atoms with E-state index in [1.807, 2.05) is 0 Å². The Morgan fingerprint density at radius 2 is 1.87 bits per heavy atom. The highest BCUT2D eigenvalue weighted by Gasteiger charge is 2.15. The van der Waals surface area contributed by atoms with Crippen LogP contribution in [0.5, 0.6) is 11.5 Å². The molecular formula is C15H15BrFNO4S. The molecule has 0 heterocycles. The van der Waals surface area contributed by atoms with Crippen molar-refractivity contribution in [3.63, 3.8) is 0 Å². The third kappa shape index (κ3) is 4.92. The van der Waals surface area contributed by atoms with Crippen molar-refractivity contribution < 1.29 is 22.3 Å². The Morgan fingerprint density at radius 3 is 2.48 bits per heavy atom. The fourth-order valence-corrected chi connectivity index (χ4v) is 3.50. The first kappa shape index (κ1) is 17.7. The number of rotatable bonds is 7. The van der Waals surface area contributed by atoms with E-state index in [1.54, 1.807) is 6.07 Å². The van der Waals surface area contributed by atoms with Crippen LogP contribution in [-0.2, 0) is 10.0 Å². The summed E-state index contributed by atoms with van der Waals surface area (Å²) in [6.45, 7) is 0.214. The van der Waals surface area contributed by atoms with Gasteiger partial charge in [0.25, 0.3) is 0 Å². The molecule has 0 saturated carbocycles. The summed E-state index contributed by atoms with van der Waals surface area (Å²) in [7, 11) is -2.15. The summed E-state index contributed by atoms with van der Waals surface area (Å²) in [5.74, 6) is 0.657. The van der Waals surface area contributed by atoms with Crippen LogP contribution < -0.4 is 14.2 Å². The van der Waals surface area contributed by atoms with E-state index in [2.05, 4.69) is 20.7 Å². The number of sulfonamides is 1. The van der Waals surface area contributed by atoms with Crippen molar-refractivity contribution in [3.05, 3.63) is 52.8 Å². The lowest BCUT2D eigenvalue weighted by molar-refractivity contribution is 0.322. The average Bonchev–Trinajstić information content (AvgIpc) is 2.53. The smallest absolute Gasteiger partial charge is 0.240 e. The molecule has 0 bridgehead atoms. The topological polar surface area (TPSA) is 64.6 Å². The number of methoxy groups -OCH3 is 1. The minimum absolute atomic E-state index is 0.0867. The van der Waals surface area contributed by atoms with Crippen LogP contribution in [-0.4, -0.2) is 28.7 Å². The van der Waals surface area contributed by atoms with Gasteiger partial charge in [0.15, 0.2) is 0 Å². The van der Waals surface area contributed by atoms with Gasteiger partial charge in [0.2, 0.25) is 10.0 Å². The third-order valence-electron chi connectivity index (χ3n) is 2.91. The van der Waals surface area contributed by atoms with Gasteiger partial charge in [0.1, 0.15) is 23.9 Å². The number of hydrogen-bond donors (Lipinski definition) is 1. The lowest BCUT2D eigenvalue weighted by Crippen LogP contribution is -2.28. The Bertz CT molecular complexity index is 766. The quantitative estimate of drug-likeness (QED) is 0.721. The number of benzene rings is 2. The molecule has 124 valence electrons. The second-order valence-electron chi connectivity index (χ2n) is 4.50. The lowest BCUT2D eigenvalue weighted by atomic mass is 10.3. The van der Waals surface area contributed by atoms with Gasteiger partial charge in [-0.2, -0.15) is 0 Å². The molecule has 0 radical (unpaired) electrons. The Kier molecular flexibility index (Phi) is 5.97. The van der Waals surface area contributed by atoms with Crippen LogP contribution in [0.1, 0.15) is 0 Å². The van der Waals surface area contributed by atoms with Crippen molar-refractivity contribution in [2.75, 3.05) is 20.3 Å². The van der Waals surface area contributed by atoms with Crippen molar-refractivity contribution >= 4 is 26.0 Å². The van der Waals surface area contributed by atoms with Gasteiger partial charge in [0, 0.05) is 6.54 Å². The highest BCUT2D eigenvalue weighted by Crippen LogP contribution is 2.27. The van der Waals surface area contributed by atoms with Gasteiger partial charge in [0.05, 0.1) is 16.5 Å². The van der Waals surface area contributed by atoms with Gasteiger partial charge in [-0.3, -0.25) is 0 Å². The number of hydrogen-bond acceptors (Lipinski definition) is 4. The Labute approximate surface area is 142 Å². The van der Waals surface area contributed by atoms with E-state index in [0.29, 0.717) is 16.0 Å². The number of nitrogens with one attached hydrogen (secondary N) is 1. The van der Waals surface area contributed by atoms with Gasteiger partial charge >= 0.3 is 0 Å². The molecule has 0 aromatic heterocycles. The molecule has 0 fully saturated rings. The van der Waals surface area contributed by atoms with Crippen LogP contribution >= 0.6 is 15.9 Å². The minimum Gasteiger partial charge on any atom is -0.496 e. The molecule has 0 atom stereocenters. The largest absolute Gasteiger partial charge is 0.496 e. The summed E-state index contributed by atoms with van der Waals surface area (Å²) in [5, 5.41) is 0. The monoisotopic (exact) mass is 403 g/mol. The molecule has 2 aromatic rings. The summed E-state index contributed by atoms with van der Waals surface area (Å²) in [6, 6.07) is 9.97. The molecule has 0 saturated heterocycles. The summed E-state index contributed by atoms with van der Waals surface area (Å²) < 4.78 is 50.4. The summed E-state index contributed by atoms with van der Waals surface area (Å²) in [4.78, 5) is 0.118. The number of ether oxygens (including phenoxy) is 2. The predicted octanol–water partition coefficient (Wildman–Crippen LogP) is 2.95. The molecule has 2 aromatic carbocycles. The second-order valence-corrected chi connectivity index (χ2v) is 7.12. The maximum atomic E-state index is 12.7. The summed E-state index contributed by atoms with van der Waals surface area (Å²) in [6.07, 6.45) is 0. The van der Waals surface area contributed by atoms with Crippen LogP contribution in [0.15, 0.2) is 51.8 Å². The van der Waals surface area contributed by atoms with Gasteiger partial charge in [-0.15, -0.1) is 0 Å². The van der Waals surface area contributed by atoms with Gasteiger partial charge < -0.3 is 9.47 Å². The molecule has 0 aliphatic carbocycles. The first-order valence-electron chi connectivity index (χ1n) is 6.64. The molecule has 1 N–H and O–H groups in total. The third-order valence-corrected chi connectivity index (χ3v) is 4.99. The fourth-order valence-electron chi connectivity index (χ4n) is 1.77. The van der Waals surface area contributed by atoms with Crippen LogP contribution in [0.25, 0.3) is 0 Å². The molecule has 23 heavy (non-hydrogen) atoms. The molecule has 8 heteroatoms. The standard InChI is InChI=1S/C15H15BrFNO4S/c1-21-15-7-6-13(10-14(15)16)23(19,20)18-8-9-22-12-4-2-11(17)3-5-12/h2-7,10,18H,8-9H2,1H3. The van der Waals surface area contributed by atoms with E-state index in [9.17, 15) is 12.8 Å². The normalized spacial score (nSPS) is 11.3. The Hall–Kier alpha value is -1.64. The number of halogens is 2. The fraction of sp³-hybridized carbons (Fsp3) is 0.200. The molecule has 0 aliphatic heterocycles. The van der Waals surface area contributed by atoms with E-state index in [1.165, 1.54) is 43.5 Å². The maximum Gasteiger partial charge on any atom is 0.240 e. The molecular weight excluding hydrogens is 389 g/mol. The van der Waals surface area contributed by atoms with E-state index < -0.39 is 10.0 Å². The molecule has 0 aliphatic rings. The van der Waals surface area contributed by atoms with Gasteiger partial charge in [-0.1, -0.05) is 0 Å². The molecule has 0 spiro atoms. The Balaban J connectivity index is 1.91. The van der Waals surface area contributed by atoms with Crippen molar-refractivity contribution in [2.45, 2.75) is 4.90 Å². The highest BCUT2D eigenvalue weighted by molar-refractivity contribution is 9.10. The van der Waals surface area contributed by atoms with Crippen LogP contribution in [0, 0.1) is 5.82 Å². The van der Waals surface area contributed by atoms with Gasteiger partial charge in [-0.05, 0) is 58.4 Å². The summed E-state index contributed by atoms with van der Waals surface area (Å²) in [5.41, 5.74) is 0. The molecule has 5 nitrogen and oxygen atoms in total. The van der Waals surface area contributed by atoms with Gasteiger partial charge in [-0.25, -0.2) is 17.5 Å². The zero-order chi connectivity index (χ0) is 16.9. The van der Waals surface area contributed by atoms with Crippen LogP contribution in [0.3, 0.4) is 0 Å². The first-order chi connectivity index (χ1) is 10.9. The zero-order valence-electron chi connectivity index (χ0n) is 12.3. The van der Waals surface area contributed by atoms with Crippen LogP contribution in [0.4, 0.5) is 4.39 Å².